The lowest BCUT2D eigenvalue weighted by Crippen LogP contribution is -2.43. The predicted octanol–water partition coefficient (Wildman–Crippen LogP) is 1.39. The fourth-order valence-electron chi connectivity index (χ4n) is 2.11. The van der Waals surface area contributed by atoms with Gasteiger partial charge in [0.05, 0.1) is 0 Å². The lowest BCUT2D eigenvalue weighted by molar-refractivity contribution is -0.118. The monoisotopic (exact) mass is 230 g/mol. The largest absolute Gasteiger partial charge is 0.355 e. The van der Waals surface area contributed by atoms with Crippen molar-refractivity contribution in [2.45, 2.75) is 43.9 Å². The molecule has 1 aliphatic rings. The fraction of sp³-hybridized carbons (Fsp3) is 0.909. The molecular formula is C11H22N2OS. The minimum Gasteiger partial charge on any atom is -0.355 e. The van der Waals surface area contributed by atoms with Gasteiger partial charge in [0.1, 0.15) is 0 Å². The van der Waals surface area contributed by atoms with Crippen LogP contribution >= 0.6 is 11.8 Å². The van der Waals surface area contributed by atoms with Crippen LogP contribution in [0.2, 0.25) is 0 Å². The minimum atomic E-state index is 0.0573. The highest BCUT2D eigenvalue weighted by Crippen LogP contribution is 2.26. The molecule has 0 heterocycles. The van der Waals surface area contributed by atoms with Crippen LogP contribution < -0.4 is 10.6 Å². The molecule has 0 radical (unpaired) electrons. The third-order valence-corrected chi connectivity index (χ3v) is 4.08. The van der Waals surface area contributed by atoms with Crippen molar-refractivity contribution in [1.29, 1.82) is 0 Å². The van der Waals surface area contributed by atoms with Crippen LogP contribution in [-0.2, 0) is 4.79 Å². The van der Waals surface area contributed by atoms with Gasteiger partial charge in [-0.05, 0) is 19.1 Å². The smallest absolute Gasteiger partial charge is 0.216 e. The molecule has 0 saturated heterocycles. The lowest BCUT2D eigenvalue weighted by atomic mass is 9.95. The molecule has 1 saturated carbocycles. The summed E-state index contributed by atoms with van der Waals surface area (Å²) in [5, 5.41) is 7.11. The van der Waals surface area contributed by atoms with E-state index in [0.29, 0.717) is 6.04 Å². The number of nitrogens with one attached hydrogen (secondary N) is 2. The van der Waals surface area contributed by atoms with Gasteiger partial charge >= 0.3 is 0 Å². The van der Waals surface area contributed by atoms with Gasteiger partial charge in [0.2, 0.25) is 5.91 Å². The number of amides is 1. The Bertz CT molecular complexity index is 199. The normalized spacial score (nSPS) is 26.3. The Morgan fingerprint density at radius 3 is 2.73 bits per heavy atom. The maximum absolute atomic E-state index is 10.7. The van der Waals surface area contributed by atoms with Crippen LogP contribution in [0.15, 0.2) is 0 Å². The van der Waals surface area contributed by atoms with Crippen molar-refractivity contribution in [2.24, 2.45) is 0 Å². The van der Waals surface area contributed by atoms with Crippen molar-refractivity contribution in [2.75, 3.05) is 19.3 Å². The number of rotatable bonds is 5. The summed E-state index contributed by atoms with van der Waals surface area (Å²) in [5.41, 5.74) is 0. The van der Waals surface area contributed by atoms with Crippen LogP contribution in [0.5, 0.6) is 0 Å². The van der Waals surface area contributed by atoms with E-state index in [2.05, 4.69) is 16.9 Å². The van der Waals surface area contributed by atoms with E-state index < -0.39 is 0 Å². The van der Waals surface area contributed by atoms with E-state index in [1.165, 1.54) is 25.7 Å². The van der Waals surface area contributed by atoms with Gasteiger partial charge in [-0.15, -0.1) is 0 Å². The van der Waals surface area contributed by atoms with E-state index in [1.54, 1.807) is 6.92 Å². The van der Waals surface area contributed by atoms with Crippen molar-refractivity contribution >= 4 is 17.7 Å². The molecule has 2 N–H and O–H groups in total. The fourth-order valence-corrected chi connectivity index (χ4v) is 3.07. The molecule has 0 aromatic carbocycles. The summed E-state index contributed by atoms with van der Waals surface area (Å²) >= 11 is 1.97. The van der Waals surface area contributed by atoms with Crippen LogP contribution in [-0.4, -0.2) is 36.5 Å². The molecule has 15 heavy (non-hydrogen) atoms. The zero-order chi connectivity index (χ0) is 11.1. The average molecular weight is 230 g/mol. The number of thioether (sulfide) groups is 1. The van der Waals surface area contributed by atoms with Crippen molar-refractivity contribution in [3.63, 3.8) is 0 Å². The quantitative estimate of drug-likeness (QED) is 0.701. The molecule has 2 unspecified atom stereocenters. The SMILES string of the molecule is CSC1CCCCC1NCCNC(C)=O. The van der Waals surface area contributed by atoms with Gasteiger partial charge in [0, 0.05) is 31.3 Å². The van der Waals surface area contributed by atoms with E-state index >= 15 is 0 Å². The first-order valence-corrected chi connectivity index (χ1v) is 7.03. The van der Waals surface area contributed by atoms with Gasteiger partial charge in [-0.2, -0.15) is 11.8 Å². The Hall–Kier alpha value is -0.220. The van der Waals surface area contributed by atoms with E-state index in [1.807, 2.05) is 11.8 Å². The number of carbonyl (C=O) groups is 1. The maximum Gasteiger partial charge on any atom is 0.216 e. The molecule has 4 heteroatoms. The topological polar surface area (TPSA) is 41.1 Å². The van der Waals surface area contributed by atoms with Gasteiger partial charge in [-0.1, -0.05) is 12.8 Å². The summed E-state index contributed by atoms with van der Waals surface area (Å²) < 4.78 is 0. The molecule has 2 atom stereocenters. The average Bonchev–Trinajstić information content (AvgIpc) is 2.24. The summed E-state index contributed by atoms with van der Waals surface area (Å²) in [7, 11) is 0. The van der Waals surface area contributed by atoms with Crippen LogP contribution in [0.1, 0.15) is 32.6 Å². The van der Waals surface area contributed by atoms with E-state index in [-0.39, 0.29) is 5.91 Å². The van der Waals surface area contributed by atoms with E-state index in [4.69, 9.17) is 0 Å². The van der Waals surface area contributed by atoms with E-state index in [0.717, 1.165) is 18.3 Å². The van der Waals surface area contributed by atoms with Crippen molar-refractivity contribution in [3.8, 4) is 0 Å². The predicted molar refractivity (Wildman–Crippen MR) is 66.2 cm³/mol. The standard InChI is InChI=1S/C11H22N2OS/c1-9(14)12-7-8-13-10-5-3-4-6-11(10)15-2/h10-11,13H,3-8H2,1-2H3,(H,12,14). The Morgan fingerprint density at radius 2 is 2.07 bits per heavy atom. The third-order valence-electron chi connectivity index (χ3n) is 2.91. The van der Waals surface area contributed by atoms with Crippen LogP contribution in [0, 0.1) is 0 Å². The summed E-state index contributed by atoms with van der Waals surface area (Å²) in [5.74, 6) is 0.0573. The number of hydrogen-bond acceptors (Lipinski definition) is 3. The molecule has 0 aromatic rings. The van der Waals surface area contributed by atoms with Crippen molar-refractivity contribution < 1.29 is 4.79 Å². The number of carbonyl (C=O) groups excluding carboxylic acids is 1. The van der Waals surface area contributed by atoms with Gasteiger partial charge in [-0.3, -0.25) is 4.79 Å². The second-order valence-corrected chi connectivity index (χ2v) is 5.18. The first-order chi connectivity index (χ1) is 7.24. The van der Waals surface area contributed by atoms with Gasteiger partial charge in [0.25, 0.3) is 0 Å². The first-order valence-electron chi connectivity index (χ1n) is 5.74. The van der Waals surface area contributed by atoms with E-state index in [9.17, 15) is 4.79 Å². The second-order valence-electron chi connectivity index (χ2n) is 4.10. The molecule has 0 bridgehead atoms. The van der Waals surface area contributed by atoms with Crippen LogP contribution in [0.25, 0.3) is 0 Å². The summed E-state index contributed by atoms with van der Waals surface area (Å²) in [6.45, 7) is 3.19. The maximum atomic E-state index is 10.7. The minimum absolute atomic E-state index is 0.0573. The van der Waals surface area contributed by atoms with Gasteiger partial charge in [0.15, 0.2) is 0 Å². The zero-order valence-electron chi connectivity index (χ0n) is 9.71. The molecule has 1 rings (SSSR count). The summed E-state index contributed by atoms with van der Waals surface area (Å²) in [4.78, 5) is 10.7. The molecule has 1 aliphatic carbocycles. The van der Waals surface area contributed by atoms with Crippen LogP contribution in [0.3, 0.4) is 0 Å². The summed E-state index contributed by atoms with van der Waals surface area (Å²) in [6, 6.07) is 0.641. The summed E-state index contributed by atoms with van der Waals surface area (Å²) in [6.07, 6.45) is 7.52. The highest BCUT2D eigenvalue weighted by atomic mass is 32.2. The highest BCUT2D eigenvalue weighted by molar-refractivity contribution is 7.99. The number of hydrogen-bond donors (Lipinski definition) is 2. The second kappa shape index (κ2) is 7.12. The molecule has 0 spiro atoms. The zero-order valence-corrected chi connectivity index (χ0v) is 10.5. The molecule has 1 fully saturated rings. The Balaban J connectivity index is 2.15. The molecule has 1 amide bonds. The Labute approximate surface area is 96.8 Å². The Morgan fingerprint density at radius 1 is 1.33 bits per heavy atom. The Kier molecular flexibility index (Phi) is 6.10. The van der Waals surface area contributed by atoms with Crippen LogP contribution in [0.4, 0.5) is 0 Å². The lowest BCUT2D eigenvalue weighted by Gasteiger charge is -2.31. The first kappa shape index (κ1) is 12.8. The highest BCUT2D eigenvalue weighted by Gasteiger charge is 2.23. The van der Waals surface area contributed by atoms with Crippen molar-refractivity contribution in [3.05, 3.63) is 0 Å². The molecule has 88 valence electrons. The van der Waals surface area contributed by atoms with Crippen molar-refractivity contribution in [1.82, 2.24) is 10.6 Å². The molecule has 0 aliphatic heterocycles. The molecule has 3 nitrogen and oxygen atoms in total. The third kappa shape index (κ3) is 4.89. The van der Waals surface area contributed by atoms with Gasteiger partial charge in [-0.25, -0.2) is 0 Å². The molecule has 0 aromatic heterocycles. The van der Waals surface area contributed by atoms with Gasteiger partial charge < -0.3 is 10.6 Å². The molecular weight excluding hydrogens is 208 g/mol.